The highest BCUT2D eigenvalue weighted by molar-refractivity contribution is 5.17. The lowest BCUT2D eigenvalue weighted by Crippen LogP contribution is -3.00. The second kappa shape index (κ2) is 11.3. The van der Waals surface area contributed by atoms with Gasteiger partial charge in [-0.3, -0.25) is 0 Å². The molecule has 0 radical (unpaired) electrons. The van der Waals surface area contributed by atoms with Gasteiger partial charge in [-0.15, -0.1) is 0 Å². The number of benzene rings is 3. The van der Waals surface area contributed by atoms with E-state index in [-0.39, 0.29) is 24.0 Å². The predicted octanol–water partition coefficient (Wildman–Crippen LogP) is 3.21. The molecule has 0 spiro atoms. The van der Waals surface area contributed by atoms with Gasteiger partial charge in [0.25, 0.3) is 0 Å². The summed E-state index contributed by atoms with van der Waals surface area (Å²) in [6, 6.07) is 32.9. The Kier molecular flexibility index (Phi) is 9.02. The number of nitrogens with zero attached hydrogens (tertiary/aromatic N) is 1. The molecule has 0 aliphatic heterocycles. The summed E-state index contributed by atoms with van der Waals surface area (Å²) in [6.45, 7) is 6.72. The highest BCUT2D eigenvalue weighted by Gasteiger charge is 2.28. The van der Waals surface area contributed by atoms with Gasteiger partial charge >= 0.3 is 0 Å². The molecule has 0 heterocycles. The van der Waals surface area contributed by atoms with E-state index >= 15 is 0 Å². The Morgan fingerprint density at radius 1 is 0.556 bits per heavy atom. The summed E-state index contributed by atoms with van der Waals surface area (Å²) in [5, 5.41) is 0. The van der Waals surface area contributed by atoms with Crippen molar-refractivity contribution in [2.45, 2.75) is 39.4 Å². The van der Waals surface area contributed by atoms with Gasteiger partial charge in [-0.1, -0.05) is 104 Å². The molecule has 0 N–H and O–H groups in total. The van der Waals surface area contributed by atoms with Crippen molar-refractivity contribution in [1.29, 1.82) is 0 Å². The van der Waals surface area contributed by atoms with Crippen molar-refractivity contribution in [3.8, 4) is 0 Å². The normalized spacial score (nSPS) is 11.0. The van der Waals surface area contributed by atoms with Gasteiger partial charge in [0.2, 0.25) is 0 Å². The van der Waals surface area contributed by atoms with Gasteiger partial charge in [0, 0.05) is 16.7 Å². The molecule has 3 aromatic rings. The zero-order valence-electron chi connectivity index (χ0n) is 16.2. The maximum Gasteiger partial charge on any atom is 0.105 e. The van der Waals surface area contributed by atoms with Crippen LogP contribution < -0.4 is 24.0 Å². The van der Waals surface area contributed by atoms with Gasteiger partial charge in [-0.25, -0.2) is 0 Å². The summed E-state index contributed by atoms with van der Waals surface area (Å²) >= 11 is 0. The fraction of sp³-hybridized carbons (Fsp3) is 0.280. The van der Waals surface area contributed by atoms with E-state index in [1.807, 2.05) is 0 Å². The first-order valence-corrected chi connectivity index (χ1v) is 9.76. The molecule has 0 fully saturated rings. The molecule has 0 aromatic heterocycles. The zero-order chi connectivity index (χ0) is 18.1. The molecule has 2 heteroatoms. The number of hydrogen-bond acceptors (Lipinski definition) is 0. The Hall–Kier alpha value is -1.65. The van der Waals surface area contributed by atoms with E-state index in [1.165, 1.54) is 36.1 Å². The van der Waals surface area contributed by atoms with E-state index in [4.69, 9.17) is 0 Å². The molecule has 27 heavy (non-hydrogen) atoms. The highest BCUT2D eigenvalue weighted by atomic mass is 127. The van der Waals surface area contributed by atoms with Crippen LogP contribution in [-0.4, -0.2) is 11.0 Å². The Labute approximate surface area is 181 Å². The summed E-state index contributed by atoms with van der Waals surface area (Å²) in [6.07, 6.45) is 2.49. The lowest BCUT2D eigenvalue weighted by atomic mass is 10.1. The van der Waals surface area contributed by atoms with Crippen LogP contribution in [0.3, 0.4) is 0 Å². The first-order valence-electron chi connectivity index (χ1n) is 9.76. The molecule has 1 nitrogen and oxygen atoms in total. The molecule has 0 saturated carbocycles. The number of quaternary nitrogens is 1. The maximum absolute atomic E-state index is 2.29. The van der Waals surface area contributed by atoms with E-state index in [2.05, 4.69) is 97.9 Å². The highest BCUT2D eigenvalue weighted by Crippen LogP contribution is 2.25. The van der Waals surface area contributed by atoms with Crippen molar-refractivity contribution in [3.63, 3.8) is 0 Å². The largest absolute Gasteiger partial charge is 1.00 e. The molecular formula is C25H30IN. The Bertz CT molecular complexity index is 655. The van der Waals surface area contributed by atoms with E-state index in [0.717, 1.165) is 24.1 Å². The summed E-state index contributed by atoms with van der Waals surface area (Å²) < 4.78 is 1.08. The Morgan fingerprint density at radius 2 is 0.889 bits per heavy atom. The van der Waals surface area contributed by atoms with Gasteiger partial charge in [0.1, 0.15) is 19.6 Å². The van der Waals surface area contributed by atoms with Crippen molar-refractivity contribution in [2.75, 3.05) is 6.54 Å². The Balaban J connectivity index is 0.00000261. The molecule has 3 aromatic carbocycles. The average Bonchev–Trinajstić information content (AvgIpc) is 2.69. The summed E-state index contributed by atoms with van der Waals surface area (Å²) in [5.74, 6) is 0. The lowest BCUT2D eigenvalue weighted by Gasteiger charge is -2.39. The molecule has 0 aliphatic carbocycles. The third kappa shape index (κ3) is 6.78. The van der Waals surface area contributed by atoms with Crippen molar-refractivity contribution < 1.29 is 28.5 Å². The number of rotatable bonds is 9. The predicted molar refractivity (Wildman–Crippen MR) is 110 cm³/mol. The summed E-state index contributed by atoms with van der Waals surface area (Å²) in [4.78, 5) is 0. The third-order valence-electron chi connectivity index (χ3n) is 5.07. The third-order valence-corrected chi connectivity index (χ3v) is 5.07. The minimum atomic E-state index is 0. The molecule has 0 bridgehead atoms. The molecule has 0 atom stereocenters. The molecule has 0 aliphatic rings. The van der Waals surface area contributed by atoms with Gasteiger partial charge in [-0.05, 0) is 6.42 Å². The van der Waals surface area contributed by atoms with Crippen LogP contribution in [0.2, 0.25) is 0 Å². The van der Waals surface area contributed by atoms with Crippen LogP contribution in [0.15, 0.2) is 91.0 Å². The number of hydrogen-bond donors (Lipinski definition) is 0. The van der Waals surface area contributed by atoms with E-state index in [1.54, 1.807) is 0 Å². The first-order chi connectivity index (χ1) is 12.8. The average molecular weight is 471 g/mol. The van der Waals surface area contributed by atoms with Crippen molar-refractivity contribution >= 4 is 0 Å². The van der Waals surface area contributed by atoms with Gasteiger partial charge in [0.15, 0.2) is 0 Å². The molecule has 0 saturated heterocycles. The molecule has 3 rings (SSSR count). The van der Waals surface area contributed by atoms with Crippen molar-refractivity contribution in [1.82, 2.24) is 0 Å². The molecule has 0 amide bonds. The fourth-order valence-corrected chi connectivity index (χ4v) is 3.81. The smallest absolute Gasteiger partial charge is 0.105 e. The minimum absolute atomic E-state index is 0. The Morgan fingerprint density at radius 3 is 1.19 bits per heavy atom. The lowest BCUT2D eigenvalue weighted by molar-refractivity contribution is -0.966. The van der Waals surface area contributed by atoms with Crippen LogP contribution >= 0.6 is 0 Å². The van der Waals surface area contributed by atoms with Crippen molar-refractivity contribution in [3.05, 3.63) is 108 Å². The maximum atomic E-state index is 2.29. The van der Waals surface area contributed by atoms with Gasteiger partial charge in [0.05, 0.1) is 6.54 Å². The molecule has 142 valence electrons. The second-order valence-corrected chi connectivity index (χ2v) is 7.35. The van der Waals surface area contributed by atoms with Crippen LogP contribution in [0, 0.1) is 0 Å². The monoisotopic (exact) mass is 471 g/mol. The summed E-state index contributed by atoms with van der Waals surface area (Å²) in [7, 11) is 0. The number of unbranched alkanes of at least 4 members (excludes halogenated alkanes) is 1. The molecular weight excluding hydrogens is 441 g/mol. The van der Waals surface area contributed by atoms with Crippen LogP contribution in [-0.2, 0) is 19.6 Å². The minimum Gasteiger partial charge on any atom is -1.00 e. The van der Waals surface area contributed by atoms with Crippen LogP contribution in [0.4, 0.5) is 0 Å². The molecule has 0 unspecified atom stereocenters. The fourth-order valence-electron chi connectivity index (χ4n) is 3.81. The van der Waals surface area contributed by atoms with E-state index in [9.17, 15) is 0 Å². The second-order valence-electron chi connectivity index (χ2n) is 7.35. The van der Waals surface area contributed by atoms with Crippen molar-refractivity contribution in [2.24, 2.45) is 0 Å². The van der Waals surface area contributed by atoms with E-state index < -0.39 is 0 Å². The van der Waals surface area contributed by atoms with Crippen LogP contribution in [0.25, 0.3) is 0 Å². The quantitative estimate of drug-likeness (QED) is 0.332. The first kappa shape index (κ1) is 21.6. The zero-order valence-corrected chi connectivity index (χ0v) is 18.4. The van der Waals surface area contributed by atoms with Crippen LogP contribution in [0.5, 0.6) is 0 Å². The SMILES string of the molecule is CCCC[N+](Cc1ccccc1)(Cc1ccccc1)Cc1ccccc1.[I-]. The topological polar surface area (TPSA) is 0 Å². The van der Waals surface area contributed by atoms with E-state index in [0.29, 0.717) is 0 Å². The van der Waals surface area contributed by atoms with Gasteiger partial charge in [-0.2, -0.15) is 0 Å². The van der Waals surface area contributed by atoms with Gasteiger partial charge < -0.3 is 28.5 Å². The number of halogens is 1. The standard InChI is InChI=1S/C25H30N.HI/c1-2-3-19-26(20-23-13-7-4-8-14-23,21-24-15-9-5-10-16-24)22-25-17-11-6-12-18-25;/h4-18H,2-3,19-22H2,1H3;1H/q+1;/p-1. The summed E-state index contributed by atoms with van der Waals surface area (Å²) in [5.41, 5.74) is 4.28. The van der Waals surface area contributed by atoms with Crippen LogP contribution in [0.1, 0.15) is 36.5 Å².